The fourth-order valence-electron chi connectivity index (χ4n) is 2.32. The summed E-state index contributed by atoms with van der Waals surface area (Å²) >= 11 is 6.18. The standard InChI is InChI=1S/C12H15ClO/c1-12(2)10(14)7-6-8-4-3-5-9(13)11(8)12/h3-5,10,14H,6-7H2,1-2H3. The minimum Gasteiger partial charge on any atom is -0.392 e. The quantitative estimate of drug-likeness (QED) is 0.698. The first-order valence-electron chi connectivity index (χ1n) is 4.99. The van der Waals surface area contributed by atoms with Crippen LogP contribution in [0.1, 0.15) is 31.4 Å². The van der Waals surface area contributed by atoms with Crippen LogP contribution in [0.4, 0.5) is 0 Å². The number of aliphatic hydroxyl groups excluding tert-OH is 1. The highest BCUT2D eigenvalue weighted by Gasteiger charge is 2.36. The average molecular weight is 211 g/mol. The molecule has 1 aromatic rings. The molecule has 1 nitrogen and oxygen atoms in total. The number of benzene rings is 1. The van der Waals surface area contributed by atoms with Gasteiger partial charge in [0.15, 0.2) is 0 Å². The lowest BCUT2D eigenvalue weighted by atomic mass is 9.71. The third-order valence-corrected chi connectivity index (χ3v) is 3.58. The molecule has 2 rings (SSSR count). The second-order valence-corrected chi connectivity index (χ2v) is 4.96. The Labute approximate surface area is 89.7 Å². The predicted octanol–water partition coefficient (Wildman–Crippen LogP) is 2.92. The van der Waals surface area contributed by atoms with Crippen molar-refractivity contribution in [3.63, 3.8) is 0 Å². The molecule has 0 aromatic heterocycles. The number of aliphatic hydroxyl groups is 1. The Kier molecular flexibility index (Phi) is 2.32. The fourth-order valence-corrected chi connectivity index (χ4v) is 2.76. The predicted molar refractivity (Wildman–Crippen MR) is 58.8 cm³/mol. The van der Waals surface area contributed by atoms with Crippen LogP contribution in [0.5, 0.6) is 0 Å². The highest BCUT2D eigenvalue weighted by molar-refractivity contribution is 6.31. The van der Waals surface area contributed by atoms with Gasteiger partial charge in [-0.25, -0.2) is 0 Å². The topological polar surface area (TPSA) is 20.2 Å². The number of rotatable bonds is 0. The lowest BCUT2D eigenvalue weighted by Gasteiger charge is -2.37. The first kappa shape index (κ1) is 10.0. The Morgan fingerprint density at radius 3 is 2.86 bits per heavy atom. The summed E-state index contributed by atoms with van der Waals surface area (Å²) in [6.45, 7) is 4.11. The van der Waals surface area contributed by atoms with Crippen LogP contribution in [0.15, 0.2) is 18.2 Å². The van der Waals surface area contributed by atoms with E-state index in [1.54, 1.807) is 0 Å². The van der Waals surface area contributed by atoms with Crippen molar-refractivity contribution in [2.75, 3.05) is 0 Å². The van der Waals surface area contributed by atoms with E-state index >= 15 is 0 Å². The number of hydrogen-bond donors (Lipinski definition) is 1. The molecule has 76 valence electrons. The van der Waals surface area contributed by atoms with Crippen LogP contribution >= 0.6 is 11.6 Å². The largest absolute Gasteiger partial charge is 0.392 e. The minimum atomic E-state index is -0.283. The first-order chi connectivity index (χ1) is 6.53. The van der Waals surface area contributed by atoms with Crippen LogP contribution in [0.2, 0.25) is 5.02 Å². The van der Waals surface area contributed by atoms with E-state index in [0.717, 1.165) is 23.4 Å². The van der Waals surface area contributed by atoms with Crippen LogP contribution in [0, 0.1) is 0 Å². The Bertz CT molecular complexity index is 357. The Morgan fingerprint density at radius 1 is 1.43 bits per heavy atom. The zero-order chi connectivity index (χ0) is 10.3. The van der Waals surface area contributed by atoms with E-state index in [2.05, 4.69) is 19.9 Å². The molecule has 14 heavy (non-hydrogen) atoms. The molecule has 1 aliphatic rings. The first-order valence-corrected chi connectivity index (χ1v) is 5.37. The summed E-state index contributed by atoms with van der Waals surface area (Å²) in [4.78, 5) is 0. The van der Waals surface area contributed by atoms with Gasteiger partial charge in [0.05, 0.1) is 6.10 Å². The number of halogens is 1. The molecule has 0 spiro atoms. The van der Waals surface area contributed by atoms with Crippen LogP contribution in [-0.4, -0.2) is 11.2 Å². The zero-order valence-corrected chi connectivity index (χ0v) is 9.30. The monoisotopic (exact) mass is 210 g/mol. The second-order valence-electron chi connectivity index (χ2n) is 4.55. The lowest BCUT2D eigenvalue weighted by Crippen LogP contribution is -2.38. The van der Waals surface area contributed by atoms with Gasteiger partial charge in [0.2, 0.25) is 0 Å². The van der Waals surface area contributed by atoms with Crippen molar-refractivity contribution >= 4 is 11.6 Å². The maximum Gasteiger partial charge on any atom is 0.0635 e. The highest BCUT2D eigenvalue weighted by atomic mass is 35.5. The summed E-state index contributed by atoms with van der Waals surface area (Å²) in [6.07, 6.45) is 1.48. The van der Waals surface area contributed by atoms with Gasteiger partial charge in [-0.2, -0.15) is 0 Å². The van der Waals surface area contributed by atoms with Gasteiger partial charge >= 0.3 is 0 Å². The molecule has 1 aliphatic carbocycles. The van der Waals surface area contributed by atoms with Crippen molar-refractivity contribution in [1.82, 2.24) is 0 Å². The van der Waals surface area contributed by atoms with Crippen LogP contribution in [0.3, 0.4) is 0 Å². The molecule has 0 aliphatic heterocycles. The van der Waals surface area contributed by atoms with E-state index in [0.29, 0.717) is 0 Å². The average Bonchev–Trinajstić information content (AvgIpc) is 2.11. The summed E-state index contributed by atoms with van der Waals surface area (Å²) in [7, 11) is 0. The van der Waals surface area contributed by atoms with Crippen LogP contribution in [-0.2, 0) is 11.8 Å². The third kappa shape index (κ3) is 1.35. The van der Waals surface area contributed by atoms with Gasteiger partial charge in [0, 0.05) is 10.4 Å². The van der Waals surface area contributed by atoms with Crippen LogP contribution < -0.4 is 0 Å². The molecule has 1 atom stereocenters. The molecule has 1 N–H and O–H groups in total. The van der Waals surface area contributed by atoms with Crippen molar-refractivity contribution in [2.45, 2.75) is 38.2 Å². The minimum absolute atomic E-state index is 0.216. The van der Waals surface area contributed by atoms with E-state index in [9.17, 15) is 5.11 Å². The van der Waals surface area contributed by atoms with Gasteiger partial charge in [0.25, 0.3) is 0 Å². The van der Waals surface area contributed by atoms with Crippen molar-refractivity contribution in [2.24, 2.45) is 0 Å². The molecule has 2 heteroatoms. The van der Waals surface area contributed by atoms with Gasteiger partial charge in [-0.3, -0.25) is 0 Å². The summed E-state index contributed by atoms with van der Waals surface area (Å²) < 4.78 is 0. The van der Waals surface area contributed by atoms with Gasteiger partial charge in [0.1, 0.15) is 0 Å². The highest BCUT2D eigenvalue weighted by Crippen LogP contribution is 2.40. The molecular formula is C12H15ClO. The molecule has 1 unspecified atom stereocenters. The van der Waals surface area contributed by atoms with E-state index in [4.69, 9.17) is 11.6 Å². The Balaban J connectivity index is 2.61. The molecule has 1 aromatic carbocycles. The molecule has 0 heterocycles. The molecule has 0 fully saturated rings. The van der Waals surface area contributed by atoms with Gasteiger partial charge in [-0.15, -0.1) is 0 Å². The normalized spacial score (nSPS) is 24.4. The van der Waals surface area contributed by atoms with Crippen molar-refractivity contribution in [3.05, 3.63) is 34.3 Å². The summed E-state index contributed by atoms with van der Waals surface area (Å²) in [5, 5.41) is 10.7. The molecule has 0 saturated heterocycles. The van der Waals surface area contributed by atoms with E-state index < -0.39 is 0 Å². The number of aryl methyl sites for hydroxylation is 1. The summed E-state index contributed by atoms with van der Waals surface area (Å²) in [5.41, 5.74) is 2.19. The van der Waals surface area contributed by atoms with Gasteiger partial charge in [-0.1, -0.05) is 37.6 Å². The molecular weight excluding hydrogens is 196 g/mol. The third-order valence-electron chi connectivity index (χ3n) is 3.26. The number of fused-ring (bicyclic) bond motifs is 1. The van der Waals surface area contributed by atoms with Crippen molar-refractivity contribution in [3.8, 4) is 0 Å². The molecule has 0 radical (unpaired) electrons. The number of hydrogen-bond acceptors (Lipinski definition) is 1. The zero-order valence-electron chi connectivity index (χ0n) is 8.55. The van der Waals surface area contributed by atoms with Gasteiger partial charge < -0.3 is 5.11 Å². The Hall–Kier alpha value is -0.530. The van der Waals surface area contributed by atoms with Crippen LogP contribution in [0.25, 0.3) is 0 Å². The van der Waals surface area contributed by atoms with Gasteiger partial charge in [-0.05, 0) is 30.0 Å². The Morgan fingerprint density at radius 2 is 2.14 bits per heavy atom. The van der Waals surface area contributed by atoms with E-state index in [-0.39, 0.29) is 11.5 Å². The molecule has 0 amide bonds. The van der Waals surface area contributed by atoms with Crippen molar-refractivity contribution < 1.29 is 5.11 Å². The van der Waals surface area contributed by atoms with E-state index in [1.165, 1.54) is 5.56 Å². The maximum atomic E-state index is 9.95. The summed E-state index contributed by atoms with van der Waals surface area (Å²) in [6, 6.07) is 5.99. The SMILES string of the molecule is CC1(C)c2c(Cl)cccc2CCC1O. The fraction of sp³-hybridized carbons (Fsp3) is 0.500. The summed E-state index contributed by atoms with van der Waals surface area (Å²) in [5.74, 6) is 0. The van der Waals surface area contributed by atoms with Crippen molar-refractivity contribution in [1.29, 1.82) is 0 Å². The smallest absolute Gasteiger partial charge is 0.0635 e. The molecule has 0 bridgehead atoms. The maximum absolute atomic E-state index is 9.95. The lowest BCUT2D eigenvalue weighted by molar-refractivity contribution is 0.0832. The van der Waals surface area contributed by atoms with E-state index in [1.807, 2.05) is 12.1 Å². The second kappa shape index (κ2) is 3.25. The molecule has 0 saturated carbocycles.